The van der Waals surface area contributed by atoms with Crippen LogP contribution in [0.5, 0.6) is 0 Å². The van der Waals surface area contributed by atoms with Crippen LogP contribution in [0.1, 0.15) is 28.8 Å². The molecule has 0 N–H and O–H groups in total. The summed E-state index contributed by atoms with van der Waals surface area (Å²) in [6, 6.07) is 11.1. The van der Waals surface area contributed by atoms with E-state index in [-0.39, 0.29) is 12.2 Å². The zero-order chi connectivity index (χ0) is 17.8. The molecule has 1 aliphatic heterocycles. The lowest BCUT2D eigenvalue weighted by molar-refractivity contribution is -0.149. The van der Waals surface area contributed by atoms with Crippen LogP contribution >= 0.6 is 0 Å². The molecule has 0 radical (unpaired) electrons. The van der Waals surface area contributed by atoms with Crippen molar-refractivity contribution >= 4 is 11.9 Å². The van der Waals surface area contributed by atoms with Crippen molar-refractivity contribution in [3.63, 3.8) is 0 Å². The number of nitrogens with zero attached hydrogens (tertiary/aromatic N) is 1. The fourth-order valence-electron chi connectivity index (χ4n) is 2.90. The molecule has 1 fully saturated rings. The third-order valence-corrected chi connectivity index (χ3v) is 4.17. The first-order chi connectivity index (χ1) is 12.1. The largest absolute Gasteiger partial charge is 0.459 e. The first-order valence-corrected chi connectivity index (χ1v) is 8.03. The van der Waals surface area contributed by atoms with E-state index >= 15 is 0 Å². The molecular formula is C19H17F2NO3. The SMILES string of the molecule is O=C(OCc1ccccc1)C1CCCN1C(=O)c1cc(F)ccc1F. The number of carbonyl (C=O) groups is 2. The van der Waals surface area contributed by atoms with E-state index in [2.05, 4.69) is 0 Å². The van der Waals surface area contributed by atoms with Gasteiger partial charge in [-0.1, -0.05) is 30.3 Å². The van der Waals surface area contributed by atoms with Gasteiger partial charge in [-0.25, -0.2) is 13.6 Å². The van der Waals surface area contributed by atoms with Crippen LogP contribution in [0.25, 0.3) is 0 Å². The lowest BCUT2D eigenvalue weighted by Gasteiger charge is -2.23. The van der Waals surface area contributed by atoms with Crippen molar-refractivity contribution in [1.29, 1.82) is 0 Å². The molecular weight excluding hydrogens is 328 g/mol. The molecule has 1 unspecified atom stereocenters. The topological polar surface area (TPSA) is 46.6 Å². The van der Waals surface area contributed by atoms with E-state index in [1.165, 1.54) is 4.90 Å². The van der Waals surface area contributed by atoms with Crippen LogP contribution in [0.15, 0.2) is 48.5 Å². The highest BCUT2D eigenvalue weighted by Gasteiger charge is 2.36. The monoisotopic (exact) mass is 345 g/mol. The third kappa shape index (κ3) is 3.84. The Kier molecular flexibility index (Phi) is 5.07. The van der Waals surface area contributed by atoms with Gasteiger partial charge in [-0.05, 0) is 36.6 Å². The minimum absolute atomic E-state index is 0.104. The summed E-state index contributed by atoms with van der Waals surface area (Å²) in [4.78, 5) is 26.1. The minimum Gasteiger partial charge on any atom is -0.459 e. The summed E-state index contributed by atoms with van der Waals surface area (Å²) in [7, 11) is 0. The average Bonchev–Trinajstić information content (AvgIpc) is 3.12. The molecule has 0 aromatic heterocycles. The summed E-state index contributed by atoms with van der Waals surface area (Å²) in [5.41, 5.74) is 0.464. The molecule has 0 spiro atoms. The Bertz CT molecular complexity index is 779. The Morgan fingerprint density at radius 1 is 1.12 bits per heavy atom. The lowest BCUT2D eigenvalue weighted by atomic mass is 10.1. The Balaban J connectivity index is 1.70. The predicted octanol–water partition coefficient (Wildman–Crippen LogP) is 3.31. The number of esters is 1. The quantitative estimate of drug-likeness (QED) is 0.799. The standard InChI is InChI=1S/C19H17F2NO3/c20-14-8-9-16(21)15(11-14)18(23)22-10-4-7-17(22)19(24)25-12-13-5-2-1-3-6-13/h1-3,5-6,8-9,11,17H,4,7,10,12H2. The first-order valence-electron chi connectivity index (χ1n) is 8.03. The zero-order valence-corrected chi connectivity index (χ0v) is 13.5. The van der Waals surface area contributed by atoms with Gasteiger partial charge in [0, 0.05) is 6.54 Å². The maximum atomic E-state index is 13.8. The van der Waals surface area contributed by atoms with Crippen molar-refractivity contribution in [2.45, 2.75) is 25.5 Å². The van der Waals surface area contributed by atoms with Crippen molar-refractivity contribution in [3.05, 3.63) is 71.3 Å². The molecule has 2 aromatic rings. The Morgan fingerprint density at radius 3 is 2.64 bits per heavy atom. The fraction of sp³-hybridized carbons (Fsp3) is 0.263. The van der Waals surface area contributed by atoms with Crippen LogP contribution in [0, 0.1) is 11.6 Å². The highest BCUT2D eigenvalue weighted by Crippen LogP contribution is 2.23. The third-order valence-electron chi connectivity index (χ3n) is 4.17. The number of likely N-dealkylation sites (tertiary alicyclic amines) is 1. The number of amides is 1. The molecule has 0 saturated carbocycles. The van der Waals surface area contributed by atoms with Crippen LogP contribution < -0.4 is 0 Å². The van der Waals surface area contributed by atoms with Gasteiger partial charge < -0.3 is 9.64 Å². The summed E-state index contributed by atoms with van der Waals surface area (Å²) in [6.45, 7) is 0.409. The van der Waals surface area contributed by atoms with Gasteiger partial charge in [-0.2, -0.15) is 0 Å². The van der Waals surface area contributed by atoms with Gasteiger partial charge in [0.15, 0.2) is 0 Å². The van der Waals surface area contributed by atoms with Crippen LogP contribution in [0.2, 0.25) is 0 Å². The molecule has 1 saturated heterocycles. The number of hydrogen-bond acceptors (Lipinski definition) is 3. The van der Waals surface area contributed by atoms with E-state index in [1.54, 1.807) is 0 Å². The number of hydrogen-bond donors (Lipinski definition) is 0. The second kappa shape index (κ2) is 7.42. The van der Waals surface area contributed by atoms with Gasteiger partial charge in [0.05, 0.1) is 5.56 Å². The van der Waals surface area contributed by atoms with Gasteiger partial charge in [-0.15, -0.1) is 0 Å². The molecule has 1 amide bonds. The second-order valence-electron chi connectivity index (χ2n) is 5.87. The van der Waals surface area contributed by atoms with E-state index in [0.717, 1.165) is 23.8 Å². The van der Waals surface area contributed by atoms with Crippen molar-refractivity contribution in [2.75, 3.05) is 6.54 Å². The summed E-state index contributed by atoms with van der Waals surface area (Å²) in [5, 5.41) is 0. The molecule has 6 heteroatoms. The number of carbonyl (C=O) groups excluding carboxylic acids is 2. The summed E-state index contributed by atoms with van der Waals surface area (Å²) in [5.74, 6) is -2.75. The smallest absolute Gasteiger partial charge is 0.329 e. The first kappa shape index (κ1) is 17.1. The number of rotatable bonds is 4. The van der Waals surface area contributed by atoms with E-state index in [9.17, 15) is 18.4 Å². The fourth-order valence-corrected chi connectivity index (χ4v) is 2.90. The van der Waals surface area contributed by atoms with Crippen molar-refractivity contribution in [1.82, 2.24) is 4.90 Å². The molecule has 1 aliphatic rings. The molecule has 1 heterocycles. The van der Waals surface area contributed by atoms with E-state index in [4.69, 9.17) is 4.74 Å². The van der Waals surface area contributed by atoms with Crippen molar-refractivity contribution in [3.8, 4) is 0 Å². The zero-order valence-electron chi connectivity index (χ0n) is 13.5. The van der Waals surface area contributed by atoms with E-state index in [0.29, 0.717) is 19.4 Å². The van der Waals surface area contributed by atoms with Crippen molar-refractivity contribution in [2.24, 2.45) is 0 Å². The molecule has 2 aromatic carbocycles. The molecule has 0 aliphatic carbocycles. The van der Waals surface area contributed by atoms with Gasteiger partial charge >= 0.3 is 5.97 Å². The Morgan fingerprint density at radius 2 is 1.88 bits per heavy atom. The average molecular weight is 345 g/mol. The minimum atomic E-state index is -0.810. The predicted molar refractivity (Wildman–Crippen MR) is 86.7 cm³/mol. The summed E-state index contributed by atoms with van der Waals surface area (Å²) in [6.07, 6.45) is 1.05. The maximum absolute atomic E-state index is 13.8. The van der Waals surface area contributed by atoms with Crippen LogP contribution in [-0.4, -0.2) is 29.4 Å². The second-order valence-corrected chi connectivity index (χ2v) is 5.87. The molecule has 1 atom stereocenters. The van der Waals surface area contributed by atoms with Crippen LogP contribution in [-0.2, 0) is 16.1 Å². The summed E-state index contributed by atoms with van der Waals surface area (Å²) >= 11 is 0. The van der Waals surface area contributed by atoms with Crippen LogP contribution in [0.3, 0.4) is 0 Å². The highest BCUT2D eigenvalue weighted by molar-refractivity contribution is 5.97. The maximum Gasteiger partial charge on any atom is 0.329 e. The number of halogens is 2. The Hall–Kier alpha value is -2.76. The van der Waals surface area contributed by atoms with Crippen LogP contribution in [0.4, 0.5) is 8.78 Å². The van der Waals surface area contributed by atoms with Gasteiger partial charge in [0.2, 0.25) is 0 Å². The summed E-state index contributed by atoms with van der Waals surface area (Å²) < 4.78 is 32.5. The van der Waals surface area contributed by atoms with Crippen molar-refractivity contribution < 1.29 is 23.1 Å². The van der Waals surface area contributed by atoms with Gasteiger partial charge in [-0.3, -0.25) is 4.79 Å². The highest BCUT2D eigenvalue weighted by atomic mass is 19.1. The molecule has 4 nitrogen and oxygen atoms in total. The molecule has 0 bridgehead atoms. The number of ether oxygens (including phenoxy) is 1. The van der Waals surface area contributed by atoms with E-state index in [1.807, 2.05) is 30.3 Å². The lowest BCUT2D eigenvalue weighted by Crippen LogP contribution is -2.41. The molecule has 130 valence electrons. The molecule has 3 rings (SSSR count). The van der Waals surface area contributed by atoms with Gasteiger partial charge in [0.25, 0.3) is 5.91 Å². The van der Waals surface area contributed by atoms with Gasteiger partial charge in [0.1, 0.15) is 24.3 Å². The number of benzene rings is 2. The molecule has 25 heavy (non-hydrogen) atoms. The van der Waals surface area contributed by atoms with E-state index < -0.39 is 29.6 Å². The Labute approximate surface area is 144 Å². The normalized spacial score (nSPS) is 16.7.